The molecule has 0 N–H and O–H groups in total. The monoisotopic (exact) mass is 392 g/mol. The summed E-state index contributed by atoms with van der Waals surface area (Å²) in [4.78, 5) is 12.4. The van der Waals surface area contributed by atoms with Crippen molar-refractivity contribution in [3.63, 3.8) is 0 Å². The lowest BCUT2D eigenvalue weighted by Gasteiger charge is -2.18. The molecule has 0 spiro atoms. The van der Waals surface area contributed by atoms with Crippen LogP contribution >= 0.6 is 0 Å². The Bertz CT molecular complexity index is 993. The molecule has 28 heavy (non-hydrogen) atoms. The summed E-state index contributed by atoms with van der Waals surface area (Å²) in [5.74, 6) is 0.201. The van der Waals surface area contributed by atoms with Crippen LogP contribution in [0.1, 0.15) is 5.56 Å². The Labute approximate surface area is 159 Å². The molecule has 2 aromatic carbocycles. The van der Waals surface area contributed by atoms with Crippen molar-refractivity contribution in [2.45, 2.75) is 19.8 Å². The first kappa shape index (κ1) is 19.5. The van der Waals surface area contributed by atoms with Gasteiger partial charge in [-0.05, 0) is 30.8 Å². The van der Waals surface area contributed by atoms with Gasteiger partial charge >= 0.3 is 6.61 Å². The number of fused-ring (bicyclic) bond motifs is 1. The normalized spacial score (nSPS) is 11.4. The van der Waals surface area contributed by atoms with Gasteiger partial charge in [0.1, 0.15) is 0 Å². The molecule has 0 bridgehead atoms. The maximum atomic E-state index is 12.4. The first-order chi connectivity index (χ1) is 13.4. The zero-order valence-electron chi connectivity index (χ0n) is 15.2. The minimum Gasteiger partial charge on any atom is -0.493 e. The molecule has 0 aliphatic rings. The third-order valence-corrected chi connectivity index (χ3v) is 4.11. The number of halogens is 2. The summed E-state index contributed by atoms with van der Waals surface area (Å²) in [6, 6.07) is 9.34. The lowest BCUT2D eigenvalue weighted by molar-refractivity contribution is -0.384. The summed E-state index contributed by atoms with van der Waals surface area (Å²) in [6.45, 7) is -2.00. The van der Waals surface area contributed by atoms with E-state index < -0.39 is 11.5 Å². The van der Waals surface area contributed by atoms with Gasteiger partial charge in [-0.2, -0.15) is 13.9 Å². The number of ether oxygens (including phenoxy) is 2. The molecule has 0 fully saturated rings. The average molecular weight is 392 g/mol. The molecule has 3 aromatic rings. The topological polar surface area (TPSA) is 82.7 Å². The van der Waals surface area contributed by atoms with Crippen LogP contribution < -0.4 is 9.47 Å². The first-order valence-electron chi connectivity index (χ1n) is 8.27. The van der Waals surface area contributed by atoms with Crippen molar-refractivity contribution in [2.75, 3.05) is 14.2 Å². The quantitative estimate of drug-likeness (QED) is 0.430. The maximum Gasteiger partial charge on any atom is 0.387 e. The molecular weight excluding hydrogens is 374 g/mol. The molecule has 0 saturated heterocycles. The minimum atomic E-state index is -2.92. The van der Waals surface area contributed by atoms with Crippen molar-refractivity contribution < 1.29 is 23.2 Å². The summed E-state index contributed by atoms with van der Waals surface area (Å²) >= 11 is 0. The highest BCUT2D eigenvalue weighted by Crippen LogP contribution is 2.30. The van der Waals surface area contributed by atoms with E-state index in [1.165, 1.54) is 25.3 Å². The third kappa shape index (κ3) is 4.34. The van der Waals surface area contributed by atoms with Gasteiger partial charge in [0.05, 0.1) is 30.4 Å². The second-order valence-electron chi connectivity index (χ2n) is 6.16. The van der Waals surface area contributed by atoms with E-state index >= 15 is 0 Å². The van der Waals surface area contributed by atoms with Crippen LogP contribution in [-0.4, -0.2) is 40.4 Å². The fraction of sp³-hybridized carbons (Fsp3) is 0.278. The number of hydrogen-bond acceptors (Lipinski definition) is 6. The third-order valence-electron chi connectivity index (χ3n) is 4.11. The number of nitro benzene ring substituents is 1. The summed E-state index contributed by atoms with van der Waals surface area (Å²) in [5.41, 5.74) is 1.63. The van der Waals surface area contributed by atoms with Crippen molar-refractivity contribution in [3.8, 4) is 11.5 Å². The number of alkyl halides is 2. The number of aromatic nitrogens is 2. The SMILES string of the molecule is COc1cc(CN(C)Cn2ncc3cc([N+](=O)[O-])ccc32)ccc1OC(F)F. The van der Waals surface area contributed by atoms with Gasteiger partial charge in [0.2, 0.25) is 0 Å². The fourth-order valence-corrected chi connectivity index (χ4v) is 2.89. The van der Waals surface area contributed by atoms with Gasteiger partial charge in [-0.15, -0.1) is 0 Å². The molecule has 0 atom stereocenters. The van der Waals surface area contributed by atoms with Crippen LogP contribution in [0, 0.1) is 10.1 Å². The molecular formula is C18H18F2N4O4. The van der Waals surface area contributed by atoms with E-state index in [2.05, 4.69) is 9.84 Å². The number of methoxy groups -OCH3 is 1. The number of hydrogen-bond donors (Lipinski definition) is 0. The van der Waals surface area contributed by atoms with E-state index in [1.54, 1.807) is 29.1 Å². The highest BCUT2D eigenvalue weighted by molar-refractivity contribution is 5.81. The molecule has 1 aromatic heterocycles. The van der Waals surface area contributed by atoms with Gasteiger partial charge in [-0.1, -0.05) is 6.07 Å². The molecule has 148 valence electrons. The standard InChI is InChI=1S/C18H18F2N4O4/c1-22(10-12-3-6-16(28-18(19)20)17(7-12)27-2)11-23-15-5-4-14(24(25)26)8-13(15)9-21-23/h3-9,18H,10-11H2,1-2H3. The molecule has 0 radical (unpaired) electrons. The van der Waals surface area contributed by atoms with Gasteiger partial charge in [-0.3, -0.25) is 19.7 Å². The van der Waals surface area contributed by atoms with Gasteiger partial charge < -0.3 is 9.47 Å². The van der Waals surface area contributed by atoms with Crippen molar-refractivity contribution in [3.05, 3.63) is 58.3 Å². The zero-order valence-corrected chi connectivity index (χ0v) is 15.2. The average Bonchev–Trinajstić information content (AvgIpc) is 3.04. The lowest BCUT2D eigenvalue weighted by atomic mass is 10.2. The Morgan fingerprint density at radius 2 is 2.04 bits per heavy atom. The zero-order chi connectivity index (χ0) is 20.3. The van der Waals surface area contributed by atoms with Crippen molar-refractivity contribution in [1.82, 2.24) is 14.7 Å². The van der Waals surface area contributed by atoms with E-state index in [1.807, 2.05) is 11.9 Å². The number of rotatable bonds is 8. The van der Waals surface area contributed by atoms with Crippen LogP contribution in [-0.2, 0) is 13.2 Å². The minimum absolute atomic E-state index is 0.0126. The molecule has 3 rings (SSSR count). The highest BCUT2D eigenvalue weighted by atomic mass is 19.3. The molecule has 8 nitrogen and oxygen atoms in total. The Hall–Kier alpha value is -3.27. The molecule has 0 aliphatic heterocycles. The molecule has 1 heterocycles. The maximum absolute atomic E-state index is 12.4. The van der Waals surface area contributed by atoms with Crippen LogP contribution in [0.2, 0.25) is 0 Å². The number of nitro groups is 1. The molecule has 0 aliphatic carbocycles. The smallest absolute Gasteiger partial charge is 0.387 e. The Morgan fingerprint density at radius 3 is 2.71 bits per heavy atom. The van der Waals surface area contributed by atoms with Gasteiger partial charge in [0.15, 0.2) is 11.5 Å². The van der Waals surface area contributed by atoms with Crippen LogP contribution in [0.3, 0.4) is 0 Å². The largest absolute Gasteiger partial charge is 0.493 e. The van der Waals surface area contributed by atoms with Crippen molar-refractivity contribution in [1.29, 1.82) is 0 Å². The second kappa shape index (κ2) is 8.17. The molecule has 0 unspecified atom stereocenters. The lowest BCUT2D eigenvalue weighted by Crippen LogP contribution is -2.22. The van der Waals surface area contributed by atoms with E-state index in [0.717, 1.165) is 11.1 Å². The van der Waals surface area contributed by atoms with Crippen LogP contribution in [0.15, 0.2) is 42.6 Å². The summed E-state index contributed by atoms with van der Waals surface area (Å²) < 4.78 is 36.1. The van der Waals surface area contributed by atoms with E-state index in [0.29, 0.717) is 18.6 Å². The number of nitrogens with zero attached hydrogens (tertiary/aromatic N) is 4. The first-order valence-corrected chi connectivity index (χ1v) is 8.27. The fourth-order valence-electron chi connectivity index (χ4n) is 2.89. The summed E-state index contributed by atoms with van der Waals surface area (Å²) in [7, 11) is 3.26. The van der Waals surface area contributed by atoms with E-state index in [-0.39, 0.29) is 17.2 Å². The Morgan fingerprint density at radius 1 is 1.25 bits per heavy atom. The van der Waals surface area contributed by atoms with Crippen molar-refractivity contribution in [2.24, 2.45) is 0 Å². The summed E-state index contributed by atoms with van der Waals surface area (Å²) in [6.07, 6.45) is 1.58. The van der Waals surface area contributed by atoms with Gasteiger partial charge in [0, 0.05) is 24.1 Å². The summed E-state index contributed by atoms with van der Waals surface area (Å²) in [5, 5.41) is 15.8. The van der Waals surface area contributed by atoms with E-state index in [9.17, 15) is 18.9 Å². The van der Waals surface area contributed by atoms with E-state index in [4.69, 9.17) is 4.74 Å². The van der Waals surface area contributed by atoms with Crippen LogP contribution in [0.25, 0.3) is 10.9 Å². The Balaban J connectivity index is 1.72. The molecule has 0 amide bonds. The molecule has 0 saturated carbocycles. The second-order valence-corrected chi connectivity index (χ2v) is 6.16. The number of non-ortho nitro benzene ring substituents is 1. The molecule has 10 heteroatoms. The van der Waals surface area contributed by atoms with Gasteiger partial charge in [0.25, 0.3) is 5.69 Å². The highest BCUT2D eigenvalue weighted by Gasteiger charge is 2.13. The predicted octanol–water partition coefficient (Wildman–Crippen LogP) is 3.64. The van der Waals surface area contributed by atoms with Gasteiger partial charge in [-0.25, -0.2) is 0 Å². The Kier molecular flexibility index (Phi) is 5.69. The predicted molar refractivity (Wildman–Crippen MR) is 97.5 cm³/mol. The van der Waals surface area contributed by atoms with Crippen LogP contribution in [0.4, 0.5) is 14.5 Å². The van der Waals surface area contributed by atoms with Crippen LogP contribution in [0.5, 0.6) is 11.5 Å². The van der Waals surface area contributed by atoms with Crippen molar-refractivity contribution >= 4 is 16.6 Å². The number of benzene rings is 2.